The Hall–Kier alpha value is -2.62. The summed E-state index contributed by atoms with van der Waals surface area (Å²) in [5.41, 5.74) is 5.82. The Morgan fingerprint density at radius 1 is 0.548 bits per heavy atom. The summed E-state index contributed by atoms with van der Waals surface area (Å²) in [6, 6.07) is 0. The van der Waals surface area contributed by atoms with E-state index >= 15 is 0 Å². The summed E-state index contributed by atoms with van der Waals surface area (Å²) < 4.78 is 16.9. The molecule has 1 atom stereocenters. The summed E-state index contributed by atoms with van der Waals surface area (Å²) in [7, 11) is 0. The number of nitrogens with one attached hydrogen (secondary N) is 1. The maximum atomic E-state index is 12.9. The molecule has 0 radical (unpaired) electrons. The van der Waals surface area contributed by atoms with Crippen molar-refractivity contribution < 1.29 is 33.4 Å². The second-order valence-electron chi connectivity index (χ2n) is 18.3. The van der Waals surface area contributed by atoms with Crippen LogP contribution in [0.15, 0.2) is 11.3 Å². The first-order chi connectivity index (χ1) is 30.2. The molecule has 0 saturated carbocycles. The summed E-state index contributed by atoms with van der Waals surface area (Å²) in [5, 5.41) is 3.21. The molecule has 10 heteroatoms. The first kappa shape index (κ1) is 57.4. The molecule has 0 aromatic carbocycles. The van der Waals surface area contributed by atoms with Gasteiger partial charge in [-0.25, -0.2) is 4.79 Å². The van der Waals surface area contributed by atoms with Crippen LogP contribution >= 0.6 is 0 Å². The van der Waals surface area contributed by atoms with Crippen LogP contribution in [0.25, 0.3) is 0 Å². The minimum absolute atomic E-state index is 0.0112. The lowest BCUT2D eigenvalue weighted by atomic mass is 10.0. The number of carbonyl (C=O) groups excluding carboxylic acids is 4. The van der Waals surface area contributed by atoms with Crippen molar-refractivity contribution in [3.8, 4) is 0 Å². The molecule has 0 spiro atoms. The molecule has 0 aromatic heterocycles. The Morgan fingerprint density at radius 2 is 0.935 bits per heavy atom. The molecule has 62 heavy (non-hydrogen) atoms. The summed E-state index contributed by atoms with van der Waals surface area (Å²) in [6.07, 6.45) is 39.2. The third kappa shape index (κ3) is 32.1. The summed E-state index contributed by atoms with van der Waals surface area (Å²) in [5.74, 6) is -1.46. The number of primary amides is 1. The lowest BCUT2D eigenvalue weighted by Gasteiger charge is -2.22. The van der Waals surface area contributed by atoms with Crippen molar-refractivity contribution in [3.05, 3.63) is 11.3 Å². The highest BCUT2D eigenvalue weighted by Crippen LogP contribution is 2.20. The van der Waals surface area contributed by atoms with Gasteiger partial charge in [-0.1, -0.05) is 163 Å². The molecular weight excluding hydrogens is 779 g/mol. The highest BCUT2D eigenvalue weighted by molar-refractivity contribution is 6.17. The van der Waals surface area contributed by atoms with Crippen LogP contribution in [-0.4, -0.2) is 73.7 Å². The van der Waals surface area contributed by atoms with E-state index in [0.29, 0.717) is 25.1 Å². The Labute approximate surface area is 380 Å². The van der Waals surface area contributed by atoms with Crippen LogP contribution in [0.4, 0.5) is 0 Å². The van der Waals surface area contributed by atoms with Gasteiger partial charge < -0.3 is 30.2 Å². The van der Waals surface area contributed by atoms with E-state index in [2.05, 4.69) is 37.9 Å². The molecule has 1 amide bonds. The van der Waals surface area contributed by atoms with Crippen molar-refractivity contribution in [3.63, 3.8) is 0 Å². The average Bonchev–Trinajstić information content (AvgIpc) is 3.64. The van der Waals surface area contributed by atoms with Gasteiger partial charge in [-0.3, -0.25) is 14.4 Å². The molecule has 0 saturated heterocycles. The van der Waals surface area contributed by atoms with Crippen molar-refractivity contribution >= 4 is 23.8 Å². The lowest BCUT2D eigenvalue weighted by molar-refractivity contribution is -0.150. The van der Waals surface area contributed by atoms with Gasteiger partial charge in [0.15, 0.2) is 0 Å². The third-order valence-electron chi connectivity index (χ3n) is 12.5. The van der Waals surface area contributed by atoms with Gasteiger partial charge in [0.2, 0.25) is 0 Å². The number of unbranched alkanes of at least 4 members (excludes halogenated alkanes) is 23. The fraction of sp³-hybridized carbons (Fsp3) is 0.885. The number of nitrogens with zero attached hydrogens (tertiary/aromatic N) is 1. The Morgan fingerprint density at radius 3 is 1.39 bits per heavy atom. The van der Waals surface area contributed by atoms with E-state index in [1.54, 1.807) is 0 Å². The van der Waals surface area contributed by atoms with E-state index in [1.807, 2.05) is 0 Å². The Kier molecular flexibility index (Phi) is 38.1. The van der Waals surface area contributed by atoms with Crippen LogP contribution in [0.3, 0.4) is 0 Å². The van der Waals surface area contributed by atoms with Crippen LogP contribution < -0.4 is 11.1 Å². The largest absolute Gasteiger partial charge is 0.462 e. The predicted molar refractivity (Wildman–Crippen MR) is 256 cm³/mol. The quantitative estimate of drug-likeness (QED) is 0.0265. The van der Waals surface area contributed by atoms with Crippen molar-refractivity contribution in [1.29, 1.82) is 0 Å². The molecule has 1 heterocycles. The van der Waals surface area contributed by atoms with Crippen molar-refractivity contribution in [2.45, 2.75) is 265 Å². The van der Waals surface area contributed by atoms with Gasteiger partial charge in [0.1, 0.15) is 24.4 Å². The number of hydrogen-bond donors (Lipinski definition) is 2. The molecule has 0 aliphatic carbocycles. The Balaban J connectivity index is 2.44. The number of esters is 3. The van der Waals surface area contributed by atoms with Gasteiger partial charge >= 0.3 is 17.9 Å². The number of rotatable bonds is 46. The topological polar surface area (TPSA) is 137 Å². The van der Waals surface area contributed by atoms with E-state index in [4.69, 9.17) is 19.9 Å². The van der Waals surface area contributed by atoms with E-state index in [9.17, 15) is 19.2 Å². The van der Waals surface area contributed by atoms with Gasteiger partial charge in [0, 0.05) is 19.4 Å². The van der Waals surface area contributed by atoms with Crippen molar-refractivity contribution in [2.24, 2.45) is 5.73 Å². The second-order valence-corrected chi connectivity index (χ2v) is 18.3. The molecule has 0 bridgehead atoms. The minimum Gasteiger partial charge on any atom is -0.462 e. The van der Waals surface area contributed by atoms with E-state index in [1.165, 1.54) is 96.3 Å². The van der Waals surface area contributed by atoms with E-state index < -0.39 is 11.9 Å². The summed E-state index contributed by atoms with van der Waals surface area (Å²) in [6.45, 7) is 12.5. The Bertz CT molecular complexity index is 1150. The van der Waals surface area contributed by atoms with Gasteiger partial charge in [-0.2, -0.15) is 0 Å². The molecule has 1 aliphatic heterocycles. The summed E-state index contributed by atoms with van der Waals surface area (Å²) >= 11 is 0. The van der Waals surface area contributed by atoms with Crippen molar-refractivity contribution in [1.82, 2.24) is 10.2 Å². The van der Waals surface area contributed by atoms with Crippen LogP contribution in [0.2, 0.25) is 0 Å². The number of cyclic esters (lactones) is 1. The number of carbonyl (C=O) groups is 4. The van der Waals surface area contributed by atoms with Crippen LogP contribution in [0.1, 0.15) is 252 Å². The fourth-order valence-electron chi connectivity index (χ4n) is 8.50. The van der Waals surface area contributed by atoms with Crippen LogP contribution in [-0.2, 0) is 33.4 Å². The lowest BCUT2D eigenvalue weighted by Crippen LogP contribution is -2.30. The number of ether oxygens (including phenoxy) is 3. The predicted octanol–water partition coefficient (Wildman–Crippen LogP) is 12.7. The molecular formula is C52H97N3O7. The molecule has 0 fully saturated rings. The standard InChI is InChI=1S/C52H97N3O7/c1-5-9-12-15-20-27-35-45(8-4)61-48(56)38-30-23-18-25-32-41-55(43-34-40-54-47-44-60-52(59)50(47)51(53)58)42-33-26-19-24-31-39-49(57)62-46(36-28-21-16-13-10-6-2)37-29-22-17-14-11-7-3/h45-46,54H,5-44H2,1-4H3,(H2,53,58). The zero-order valence-corrected chi connectivity index (χ0v) is 40.8. The average molecular weight is 876 g/mol. The SMILES string of the molecule is CCCCCCCCC(CC)OC(=O)CCCCCCCN(CCCCCCCC(=O)OC(CCCCCCCC)CCCCCCCC)CCCNC1=C(C(N)=O)C(=O)OC1. The van der Waals surface area contributed by atoms with Gasteiger partial charge in [0.25, 0.3) is 5.91 Å². The van der Waals surface area contributed by atoms with Gasteiger partial charge in [0.05, 0.1) is 5.70 Å². The molecule has 10 nitrogen and oxygen atoms in total. The first-order valence-electron chi connectivity index (χ1n) is 26.3. The minimum atomic E-state index is -0.754. The zero-order valence-electron chi connectivity index (χ0n) is 40.8. The van der Waals surface area contributed by atoms with Crippen LogP contribution in [0, 0.1) is 0 Å². The monoisotopic (exact) mass is 876 g/mol. The first-order valence-corrected chi connectivity index (χ1v) is 26.3. The number of hydrogen-bond acceptors (Lipinski definition) is 9. The van der Waals surface area contributed by atoms with Gasteiger partial charge in [-0.05, 0) is 96.7 Å². The van der Waals surface area contributed by atoms with Crippen LogP contribution in [0.5, 0.6) is 0 Å². The highest BCUT2D eigenvalue weighted by Gasteiger charge is 2.29. The molecule has 1 unspecified atom stereocenters. The highest BCUT2D eigenvalue weighted by atomic mass is 16.5. The summed E-state index contributed by atoms with van der Waals surface area (Å²) in [4.78, 5) is 51.5. The van der Waals surface area contributed by atoms with Crippen molar-refractivity contribution in [2.75, 3.05) is 32.8 Å². The van der Waals surface area contributed by atoms with E-state index in [0.717, 1.165) is 135 Å². The van der Waals surface area contributed by atoms with E-state index in [-0.39, 0.29) is 36.3 Å². The molecule has 3 N–H and O–H groups in total. The number of amides is 1. The fourth-order valence-corrected chi connectivity index (χ4v) is 8.50. The number of nitrogens with two attached hydrogens (primary N) is 1. The van der Waals surface area contributed by atoms with Gasteiger partial charge in [-0.15, -0.1) is 0 Å². The molecule has 362 valence electrons. The molecule has 0 aromatic rings. The second kappa shape index (κ2) is 41.1. The maximum absolute atomic E-state index is 12.9. The zero-order chi connectivity index (χ0) is 45.3. The maximum Gasteiger partial charge on any atom is 0.346 e. The smallest absolute Gasteiger partial charge is 0.346 e. The third-order valence-corrected chi connectivity index (χ3v) is 12.5. The normalized spacial score (nSPS) is 13.3. The molecule has 1 rings (SSSR count). The molecule has 1 aliphatic rings.